The molecule has 82 heavy (non-hydrogen) atoms. The summed E-state index contributed by atoms with van der Waals surface area (Å²) in [6.45, 7) is 6.41. The van der Waals surface area contributed by atoms with Crippen molar-refractivity contribution >= 4 is 17.9 Å². The molecule has 466 valence electrons. The second-order valence-corrected chi connectivity index (χ2v) is 22.3. The van der Waals surface area contributed by atoms with Crippen LogP contribution in [0, 0.1) is 0 Å². The summed E-state index contributed by atoms with van der Waals surface area (Å²) in [6.07, 6.45) is 97.4. The Labute approximate surface area is 506 Å². The van der Waals surface area contributed by atoms with Crippen molar-refractivity contribution in [1.29, 1.82) is 0 Å². The smallest absolute Gasteiger partial charge is 0.306 e. The van der Waals surface area contributed by atoms with Crippen molar-refractivity contribution in [2.24, 2.45) is 0 Å². The van der Waals surface area contributed by atoms with Crippen LogP contribution in [0.3, 0.4) is 0 Å². The molecule has 0 saturated carbocycles. The third-order valence-corrected chi connectivity index (χ3v) is 14.4. The van der Waals surface area contributed by atoms with E-state index in [4.69, 9.17) is 14.2 Å². The Morgan fingerprint density at radius 3 is 0.756 bits per heavy atom. The maximum atomic E-state index is 12.9. The molecule has 0 aliphatic rings. The standard InChI is InChI=1S/C76H126O6/c1-4-7-10-13-16-19-22-25-28-31-33-34-35-36-37-38-39-40-41-42-44-45-48-51-54-57-60-63-66-69-75(78)81-72-73(71-80-74(77)68-65-62-59-56-53-50-47-30-27-24-21-18-15-12-9-6-3)82-76(79)70-67-64-61-58-55-52-49-46-43-32-29-26-23-20-17-14-11-8-5-2/h7-8,10-11,16-17,19-20,25-26,28-30,33-34,36-37,39-40,43,46-47,73H,4-6,9,12-15,18,21-24,27,31-32,35,38,41-42,44-45,48-72H2,1-3H3/b10-7-,11-8-,19-16-,20-17-,28-25-,29-26-,34-33-,37-36-,40-39-,46-43-,47-30-. The van der Waals surface area contributed by atoms with Gasteiger partial charge < -0.3 is 14.2 Å². The van der Waals surface area contributed by atoms with Crippen LogP contribution < -0.4 is 0 Å². The number of rotatable bonds is 61. The molecular weight excluding hydrogens is 1010 g/mol. The molecular formula is C76H126O6. The lowest BCUT2D eigenvalue weighted by molar-refractivity contribution is -0.167. The highest BCUT2D eigenvalue weighted by Gasteiger charge is 2.19. The fourth-order valence-electron chi connectivity index (χ4n) is 9.32. The van der Waals surface area contributed by atoms with E-state index in [2.05, 4.69) is 154 Å². The monoisotopic (exact) mass is 1130 g/mol. The van der Waals surface area contributed by atoms with Gasteiger partial charge >= 0.3 is 17.9 Å². The Morgan fingerprint density at radius 1 is 0.256 bits per heavy atom. The molecule has 0 radical (unpaired) electrons. The Hall–Kier alpha value is -4.45. The van der Waals surface area contributed by atoms with Crippen molar-refractivity contribution in [2.75, 3.05) is 13.2 Å². The van der Waals surface area contributed by atoms with Crippen LogP contribution in [-0.2, 0) is 28.6 Å². The third kappa shape index (κ3) is 66.4. The Balaban J connectivity index is 4.37. The van der Waals surface area contributed by atoms with Crippen molar-refractivity contribution in [3.05, 3.63) is 134 Å². The summed E-state index contributed by atoms with van der Waals surface area (Å²) in [5.41, 5.74) is 0. The van der Waals surface area contributed by atoms with Gasteiger partial charge in [-0.25, -0.2) is 0 Å². The molecule has 0 aromatic heterocycles. The molecule has 6 heteroatoms. The molecule has 0 rings (SSSR count). The first kappa shape index (κ1) is 77.5. The van der Waals surface area contributed by atoms with Crippen LogP contribution in [0.2, 0.25) is 0 Å². The summed E-state index contributed by atoms with van der Waals surface area (Å²) in [5, 5.41) is 0. The van der Waals surface area contributed by atoms with Crippen LogP contribution in [0.1, 0.15) is 310 Å². The van der Waals surface area contributed by atoms with Crippen molar-refractivity contribution in [3.8, 4) is 0 Å². The summed E-state index contributed by atoms with van der Waals surface area (Å²) in [5.74, 6) is -0.911. The average Bonchev–Trinajstić information content (AvgIpc) is 3.47. The second-order valence-electron chi connectivity index (χ2n) is 22.3. The van der Waals surface area contributed by atoms with Gasteiger partial charge in [-0.15, -0.1) is 0 Å². The molecule has 1 atom stereocenters. The van der Waals surface area contributed by atoms with Crippen LogP contribution in [0.4, 0.5) is 0 Å². The number of unbranched alkanes of at least 4 members (excludes halogenated alkanes) is 28. The highest BCUT2D eigenvalue weighted by Crippen LogP contribution is 2.16. The highest BCUT2D eigenvalue weighted by atomic mass is 16.6. The Kier molecular flexibility index (Phi) is 65.3. The number of ether oxygens (including phenoxy) is 3. The highest BCUT2D eigenvalue weighted by molar-refractivity contribution is 5.71. The number of carbonyl (C=O) groups is 3. The maximum Gasteiger partial charge on any atom is 0.306 e. The van der Waals surface area contributed by atoms with Gasteiger partial charge in [-0.3, -0.25) is 14.4 Å². The molecule has 0 bridgehead atoms. The van der Waals surface area contributed by atoms with Gasteiger partial charge in [-0.1, -0.05) is 289 Å². The summed E-state index contributed by atoms with van der Waals surface area (Å²) in [7, 11) is 0. The van der Waals surface area contributed by atoms with Crippen molar-refractivity contribution in [2.45, 2.75) is 316 Å². The Bertz CT molecular complexity index is 1730. The maximum absolute atomic E-state index is 12.9. The van der Waals surface area contributed by atoms with Gasteiger partial charge in [0.25, 0.3) is 0 Å². The summed E-state index contributed by atoms with van der Waals surface area (Å²) >= 11 is 0. The molecule has 0 aliphatic carbocycles. The van der Waals surface area contributed by atoms with Gasteiger partial charge in [0.05, 0.1) is 0 Å². The lowest BCUT2D eigenvalue weighted by Gasteiger charge is -2.18. The largest absolute Gasteiger partial charge is 0.462 e. The minimum Gasteiger partial charge on any atom is -0.462 e. The fourth-order valence-corrected chi connectivity index (χ4v) is 9.32. The third-order valence-electron chi connectivity index (χ3n) is 14.4. The molecule has 0 spiro atoms. The van der Waals surface area contributed by atoms with Crippen LogP contribution in [0.5, 0.6) is 0 Å². The molecule has 0 amide bonds. The first-order chi connectivity index (χ1) is 40.5. The average molecular weight is 1140 g/mol. The van der Waals surface area contributed by atoms with E-state index in [-0.39, 0.29) is 31.1 Å². The molecule has 0 aromatic carbocycles. The number of hydrogen-bond acceptors (Lipinski definition) is 6. The van der Waals surface area contributed by atoms with Gasteiger partial charge in [-0.05, 0) is 135 Å². The first-order valence-electron chi connectivity index (χ1n) is 34.2. The molecule has 6 nitrogen and oxygen atoms in total. The van der Waals surface area contributed by atoms with Gasteiger partial charge in [0.2, 0.25) is 0 Å². The van der Waals surface area contributed by atoms with Crippen LogP contribution >= 0.6 is 0 Å². The molecule has 0 saturated heterocycles. The number of carbonyl (C=O) groups excluding carboxylic acids is 3. The summed E-state index contributed by atoms with van der Waals surface area (Å²) in [6, 6.07) is 0. The van der Waals surface area contributed by atoms with E-state index in [1.807, 2.05) is 0 Å². The zero-order valence-electron chi connectivity index (χ0n) is 53.5. The zero-order valence-corrected chi connectivity index (χ0v) is 53.5. The van der Waals surface area contributed by atoms with E-state index in [0.29, 0.717) is 19.3 Å². The SMILES string of the molecule is CC/C=C\C/C=C\C/C=C\C/C=C\C/C=C\C/C=C\CCCCCCCCCCCCC(=O)OCC(COC(=O)CCCCCCC/C=C\CCCCCCCCC)OC(=O)CCCCCCCC/C=C\C/C=C\C/C=C\C/C=C\CC. The molecule has 1 unspecified atom stereocenters. The predicted molar refractivity (Wildman–Crippen MR) is 357 cm³/mol. The molecule has 0 fully saturated rings. The lowest BCUT2D eigenvalue weighted by Crippen LogP contribution is -2.30. The van der Waals surface area contributed by atoms with Gasteiger partial charge in [0, 0.05) is 19.3 Å². The number of allylic oxidation sites excluding steroid dienone is 22. The molecule has 0 N–H and O–H groups in total. The Morgan fingerprint density at radius 2 is 0.476 bits per heavy atom. The van der Waals surface area contributed by atoms with Crippen LogP contribution in [-0.4, -0.2) is 37.2 Å². The van der Waals surface area contributed by atoms with Crippen LogP contribution in [0.25, 0.3) is 0 Å². The summed E-state index contributed by atoms with van der Waals surface area (Å²) < 4.78 is 17.0. The van der Waals surface area contributed by atoms with Gasteiger partial charge in [-0.2, -0.15) is 0 Å². The quantitative estimate of drug-likeness (QED) is 0.0261. The van der Waals surface area contributed by atoms with E-state index < -0.39 is 6.10 Å². The lowest BCUT2D eigenvalue weighted by atomic mass is 10.1. The second kappa shape index (κ2) is 69.0. The fraction of sp³-hybridized carbons (Fsp3) is 0.671. The number of esters is 3. The van der Waals surface area contributed by atoms with Gasteiger partial charge in [0.1, 0.15) is 13.2 Å². The number of hydrogen-bond donors (Lipinski definition) is 0. The van der Waals surface area contributed by atoms with E-state index in [0.717, 1.165) is 141 Å². The first-order valence-corrected chi connectivity index (χ1v) is 34.2. The molecule has 0 aliphatic heterocycles. The zero-order chi connectivity index (χ0) is 59.2. The van der Waals surface area contributed by atoms with E-state index in [1.165, 1.54) is 128 Å². The molecule has 0 aromatic rings. The topological polar surface area (TPSA) is 78.9 Å². The summed E-state index contributed by atoms with van der Waals surface area (Å²) in [4.78, 5) is 38.4. The van der Waals surface area contributed by atoms with E-state index in [1.54, 1.807) is 0 Å². The van der Waals surface area contributed by atoms with E-state index in [9.17, 15) is 14.4 Å². The van der Waals surface area contributed by atoms with Crippen molar-refractivity contribution in [1.82, 2.24) is 0 Å². The normalized spacial score (nSPS) is 13.0. The predicted octanol–water partition coefficient (Wildman–Crippen LogP) is 23.7. The van der Waals surface area contributed by atoms with E-state index >= 15 is 0 Å². The van der Waals surface area contributed by atoms with Crippen molar-refractivity contribution < 1.29 is 28.6 Å². The van der Waals surface area contributed by atoms with Crippen LogP contribution in [0.15, 0.2) is 134 Å². The minimum absolute atomic E-state index is 0.0913. The van der Waals surface area contributed by atoms with Gasteiger partial charge in [0.15, 0.2) is 6.10 Å². The minimum atomic E-state index is -0.797. The molecule has 0 heterocycles. The van der Waals surface area contributed by atoms with Crippen molar-refractivity contribution in [3.63, 3.8) is 0 Å².